The molecule has 0 bridgehead atoms. The van der Waals surface area contributed by atoms with Crippen LogP contribution in [0.2, 0.25) is 0 Å². The van der Waals surface area contributed by atoms with E-state index in [4.69, 9.17) is 0 Å². The van der Waals surface area contributed by atoms with Gasteiger partial charge in [0.2, 0.25) is 0 Å². The zero-order chi connectivity index (χ0) is 18.4. The van der Waals surface area contributed by atoms with Gasteiger partial charge in [-0.15, -0.1) is 24.0 Å². The molecule has 3 aromatic rings. The average molecular weight is 480 g/mol. The third-order valence-electron chi connectivity index (χ3n) is 3.88. The molecular formula is C19H22FIN6. The molecule has 1 N–H and O–H groups in total. The van der Waals surface area contributed by atoms with Crippen LogP contribution in [0.3, 0.4) is 0 Å². The Morgan fingerprint density at radius 1 is 1.19 bits per heavy atom. The first kappa shape index (κ1) is 20.8. The SMILES string of the molecule is CN=C(NCc1ccnc(-n2cccn2)c1)N(C)Cc1cccc(F)c1.I. The van der Waals surface area contributed by atoms with E-state index >= 15 is 0 Å². The molecule has 0 unspecified atom stereocenters. The maximum absolute atomic E-state index is 13.3. The van der Waals surface area contributed by atoms with E-state index in [1.807, 2.05) is 42.4 Å². The summed E-state index contributed by atoms with van der Waals surface area (Å²) in [5.74, 6) is 1.26. The molecule has 6 nitrogen and oxygen atoms in total. The number of guanidine groups is 1. The minimum atomic E-state index is -0.234. The van der Waals surface area contributed by atoms with Crippen LogP contribution in [-0.4, -0.2) is 39.7 Å². The Labute approximate surface area is 175 Å². The molecular weight excluding hydrogens is 458 g/mol. The van der Waals surface area contributed by atoms with Crippen molar-refractivity contribution < 1.29 is 4.39 Å². The molecule has 0 atom stereocenters. The Balaban J connectivity index is 0.00000261. The lowest BCUT2D eigenvalue weighted by atomic mass is 10.2. The fourth-order valence-electron chi connectivity index (χ4n) is 2.65. The van der Waals surface area contributed by atoms with E-state index in [2.05, 4.69) is 20.4 Å². The molecule has 0 amide bonds. The van der Waals surface area contributed by atoms with Crippen LogP contribution >= 0.6 is 24.0 Å². The van der Waals surface area contributed by atoms with E-state index in [9.17, 15) is 4.39 Å². The molecule has 0 aliphatic rings. The molecule has 2 aromatic heterocycles. The third-order valence-corrected chi connectivity index (χ3v) is 3.88. The molecule has 0 saturated heterocycles. The maximum Gasteiger partial charge on any atom is 0.193 e. The number of nitrogens with zero attached hydrogens (tertiary/aromatic N) is 5. The maximum atomic E-state index is 13.3. The van der Waals surface area contributed by atoms with Gasteiger partial charge in [-0.25, -0.2) is 14.1 Å². The van der Waals surface area contributed by atoms with Gasteiger partial charge in [0.1, 0.15) is 5.82 Å². The second-order valence-electron chi connectivity index (χ2n) is 5.86. The minimum Gasteiger partial charge on any atom is -0.352 e. The fourth-order valence-corrected chi connectivity index (χ4v) is 2.65. The van der Waals surface area contributed by atoms with Crippen LogP contribution in [0, 0.1) is 5.82 Å². The lowest BCUT2D eigenvalue weighted by molar-refractivity contribution is 0.474. The summed E-state index contributed by atoms with van der Waals surface area (Å²) in [4.78, 5) is 10.6. The summed E-state index contributed by atoms with van der Waals surface area (Å²) in [5.41, 5.74) is 1.95. The lowest BCUT2D eigenvalue weighted by Crippen LogP contribution is -2.38. The summed E-state index contributed by atoms with van der Waals surface area (Å²) in [5, 5.41) is 7.51. The van der Waals surface area contributed by atoms with Crippen molar-refractivity contribution in [3.8, 4) is 5.82 Å². The van der Waals surface area contributed by atoms with Crippen LogP contribution in [0.5, 0.6) is 0 Å². The highest BCUT2D eigenvalue weighted by atomic mass is 127. The van der Waals surface area contributed by atoms with Gasteiger partial charge < -0.3 is 10.2 Å². The topological polar surface area (TPSA) is 58.3 Å². The van der Waals surface area contributed by atoms with Gasteiger partial charge in [0, 0.05) is 45.8 Å². The van der Waals surface area contributed by atoms with Gasteiger partial charge >= 0.3 is 0 Å². The predicted octanol–water partition coefficient (Wildman–Crippen LogP) is 3.23. The minimum absolute atomic E-state index is 0. The molecule has 27 heavy (non-hydrogen) atoms. The molecule has 0 radical (unpaired) electrons. The smallest absolute Gasteiger partial charge is 0.193 e. The summed E-state index contributed by atoms with van der Waals surface area (Å²) in [7, 11) is 3.65. The third kappa shape index (κ3) is 5.75. The van der Waals surface area contributed by atoms with Crippen molar-refractivity contribution in [2.24, 2.45) is 4.99 Å². The highest BCUT2D eigenvalue weighted by Gasteiger charge is 2.08. The van der Waals surface area contributed by atoms with Crippen molar-refractivity contribution in [2.75, 3.05) is 14.1 Å². The zero-order valence-corrected chi connectivity index (χ0v) is 17.5. The number of hydrogen-bond acceptors (Lipinski definition) is 3. The van der Waals surface area contributed by atoms with Crippen molar-refractivity contribution in [3.63, 3.8) is 0 Å². The molecule has 0 aliphatic carbocycles. The van der Waals surface area contributed by atoms with E-state index in [0.29, 0.717) is 13.1 Å². The van der Waals surface area contributed by atoms with Gasteiger partial charge in [-0.3, -0.25) is 4.99 Å². The summed E-state index contributed by atoms with van der Waals surface area (Å²) < 4.78 is 15.1. The van der Waals surface area contributed by atoms with Crippen LogP contribution in [0.15, 0.2) is 66.0 Å². The number of halogens is 2. The first-order valence-electron chi connectivity index (χ1n) is 8.27. The number of aliphatic imine (C=N–C) groups is 1. The zero-order valence-electron chi connectivity index (χ0n) is 15.2. The van der Waals surface area contributed by atoms with Crippen LogP contribution in [0.25, 0.3) is 5.82 Å². The second-order valence-corrected chi connectivity index (χ2v) is 5.86. The van der Waals surface area contributed by atoms with E-state index < -0.39 is 0 Å². The van der Waals surface area contributed by atoms with Crippen LogP contribution in [-0.2, 0) is 13.1 Å². The van der Waals surface area contributed by atoms with E-state index in [-0.39, 0.29) is 29.8 Å². The predicted molar refractivity (Wildman–Crippen MR) is 115 cm³/mol. The summed E-state index contributed by atoms with van der Waals surface area (Å²) in [6, 6.07) is 12.4. The largest absolute Gasteiger partial charge is 0.352 e. The van der Waals surface area contributed by atoms with Crippen molar-refractivity contribution in [1.29, 1.82) is 0 Å². The van der Waals surface area contributed by atoms with Crippen LogP contribution in [0.4, 0.5) is 4.39 Å². The molecule has 1 aromatic carbocycles. The van der Waals surface area contributed by atoms with Gasteiger partial charge in [0.05, 0.1) is 0 Å². The average Bonchev–Trinajstić information content (AvgIpc) is 3.17. The van der Waals surface area contributed by atoms with Crippen molar-refractivity contribution in [3.05, 3.63) is 78.0 Å². The molecule has 0 spiro atoms. The summed E-state index contributed by atoms with van der Waals surface area (Å²) in [6.45, 7) is 1.16. The molecule has 0 saturated carbocycles. The number of aromatic nitrogens is 3. The molecule has 8 heteroatoms. The standard InChI is InChI=1S/C19H21FN6.HI/c1-21-19(25(2)14-16-5-3-6-17(20)11-16)23-13-15-7-9-22-18(12-15)26-10-4-8-24-26;/h3-12H,13-14H2,1-2H3,(H,21,23);1H. The van der Waals surface area contributed by atoms with Crippen molar-refractivity contribution >= 4 is 29.9 Å². The molecule has 3 rings (SSSR count). The fraction of sp³-hybridized carbons (Fsp3) is 0.211. The highest BCUT2D eigenvalue weighted by molar-refractivity contribution is 14.0. The second kappa shape index (κ2) is 10.0. The Kier molecular flexibility index (Phi) is 7.71. The van der Waals surface area contributed by atoms with Gasteiger partial charge in [-0.2, -0.15) is 5.10 Å². The number of nitrogens with one attached hydrogen (secondary N) is 1. The van der Waals surface area contributed by atoms with E-state index in [0.717, 1.165) is 22.9 Å². The van der Waals surface area contributed by atoms with Gasteiger partial charge in [0.15, 0.2) is 11.8 Å². The molecule has 0 aliphatic heterocycles. The number of rotatable bonds is 5. The molecule has 142 valence electrons. The summed E-state index contributed by atoms with van der Waals surface area (Å²) >= 11 is 0. The Hall–Kier alpha value is -2.49. The number of benzene rings is 1. The Morgan fingerprint density at radius 3 is 2.74 bits per heavy atom. The quantitative estimate of drug-likeness (QED) is 0.346. The van der Waals surface area contributed by atoms with Crippen LogP contribution in [0.1, 0.15) is 11.1 Å². The normalized spacial score (nSPS) is 11.0. The lowest BCUT2D eigenvalue weighted by Gasteiger charge is -2.22. The Bertz CT molecular complexity index is 881. The van der Waals surface area contributed by atoms with Gasteiger partial charge in [-0.1, -0.05) is 12.1 Å². The van der Waals surface area contributed by atoms with Crippen molar-refractivity contribution in [2.45, 2.75) is 13.1 Å². The monoisotopic (exact) mass is 480 g/mol. The van der Waals surface area contributed by atoms with Crippen molar-refractivity contribution in [1.82, 2.24) is 25.0 Å². The van der Waals surface area contributed by atoms with Crippen LogP contribution < -0.4 is 5.32 Å². The molecule has 0 fully saturated rings. The van der Waals surface area contributed by atoms with Gasteiger partial charge in [0.25, 0.3) is 0 Å². The first-order chi connectivity index (χ1) is 12.7. The van der Waals surface area contributed by atoms with E-state index in [1.54, 1.807) is 30.2 Å². The Morgan fingerprint density at radius 2 is 2.04 bits per heavy atom. The van der Waals surface area contributed by atoms with Gasteiger partial charge in [-0.05, 0) is 41.5 Å². The summed E-state index contributed by atoms with van der Waals surface area (Å²) in [6.07, 6.45) is 5.33. The number of hydrogen-bond donors (Lipinski definition) is 1. The first-order valence-corrected chi connectivity index (χ1v) is 8.27. The highest BCUT2D eigenvalue weighted by Crippen LogP contribution is 2.08. The molecule has 2 heterocycles. The number of pyridine rings is 1. The van der Waals surface area contributed by atoms with E-state index in [1.165, 1.54) is 12.1 Å².